The molecule has 114 valence electrons. The van der Waals surface area contributed by atoms with Gasteiger partial charge < -0.3 is 19.0 Å². The van der Waals surface area contributed by atoms with Crippen molar-refractivity contribution in [3.63, 3.8) is 0 Å². The standard InChI is InChI=1S/C15H20N2O4/c1-10-12(4-7-20-10)15(19)16-5-3-14-13(9-16)17(11(2)18)6-8-21-14/h4,7,13-14H,3,5-6,8-9H2,1-2H3/t13-,14-/m1/s1. The van der Waals surface area contributed by atoms with Gasteiger partial charge in [0.05, 0.1) is 30.6 Å². The number of hydrogen-bond donors (Lipinski definition) is 0. The summed E-state index contributed by atoms with van der Waals surface area (Å²) in [6.07, 6.45) is 2.33. The van der Waals surface area contributed by atoms with E-state index in [1.54, 1.807) is 24.8 Å². The van der Waals surface area contributed by atoms with Gasteiger partial charge in [0.1, 0.15) is 5.76 Å². The summed E-state index contributed by atoms with van der Waals surface area (Å²) >= 11 is 0. The Morgan fingerprint density at radius 1 is 1.33 bits per heavy atom. The number of nitrogens with zero attached hydrogens (tertiary/aromatic N) is 2. The van der Waals surface area contributed by atoms with Gasteiger partial charge in [-0.05, 0) is 19.4 Å². The Labute approximate surface area is 123 Å². The van der Waals surface area contributed by atoms with Gasteiger partial charge in [0.2, 0.25) is 5.91 Å². The molecule has 3 rings (SSSR count). The number of carbonyl (C=O) groups excluding carboxylic acids is 2. The van der Waals surface area contributed by atoms with Crippen molar-refractivity contribution >= 4 is 11.8 Å². The molecule has 2 aliphatic heterocycles. The Kier molecular flexibility index (Phi) is 3.71. The second-order valence-corrected chi connectivity index (χ2v) is 5.62. The van der Waals surface area contributed by atoms with Gasteiger partial charge in [-0.25, -0.2) is 0 Å². The smallest absolute Gasteiger partial charge is 0.257 e. The molecule has 0 aromatic carbocycles. The second-order valence-electron chi connectivity index (χ2n) is 5.62. The molecule has 0 N–H and O–H groups in total. The molecule has 2 saturated heterocycles. The van der Waals surface area contributed by atoms with E-state index >= 15 is 0 Å². The van der Waals surface area contributed by atoms with E-state index in [0.29, 0.717) is 37.6 Å². The summed E-state index contributed by atoms with van der Waals surface area (Å²) < 4.78 is 11.0. The largest absolute Gasteiger partial charge is 0.469 e. The highest BCUT2D eigenvalue weighted by Gasteiger charge is 2.39. The number of carbonyl (C=O) groups is 2. The lowest BCUT2D eigenvalue weighted by Crippen LogP contribution is -2.61. The topological polar surface area (TPSA) is 63.0 Å². The molecule has 1 aromatic heterocycles. The van der Waals surface area contributed by atoms with Crippen molar-refractivity contribution in [2.45, 2.75) is 32.4 Å². The van der Waals surface area contributed by atoms with Crippen LogP contribution in [0.3, 0.4) is 0 Å². The summed E-state index contributed by atoms with van der Waals surface area (Å²) in [6, 6.07) is 1.66. The van der Waals surface area contributed by atoms with Crippen LogP contribution in [0.4, 0.5) is 0 Å². The Balaban J connectivity index is 1.76. The molecular weight excluding hydrogens is 272 g/mol. The van der Waals surface area contributed by atoms with E-state index < -0.39 is 0 Å². The van der Waals surface area contributed by atoms with Crippen molar-refractivity contribution in [1.29, 1.82) is 0 Å². The number of furan rings is 1. The summed E-state index contributed by atoms with van der Waals surface area (Å²) in [7, 11) is 0. The van der Waals surface area contributed by atoms with Crippen LogP contribution in [0, 0.1) is 6.92 Å². The van der Waals surface area contributed by atoms with Crippen LogP contribution in [0.25, 0.3) is 0 Å². The Morgan fingerprint density at radius 3 is 2.81 bits per heavy atom. The summed E-state index contributed by atoms with van der Waals surface area (Å²) in [5.74, 6) is 0.640. The number of amides is 2. The molecule has 0 bridgehead atoms. The van der Waals surface area contributed by atoms with Crippen LogP contribution in [0.1, 0.15) is 29.5 Å². The van der Waals surface area contributed by atoms with Gasteiger partial charge in [0.25, 0.3) is 5.91 Å². The number of aryl methyl sites for hydroxylation is 1. The van der Waals surface area contributed by atoms with Gasteiger partial charge in [0.15, 0.2) is 0 Å². The summed E-state index contributed by atoms with van der Waals surface area (Å²) in [5, 5.41) is 0. The molecule has 6 nitrogen and oxygen atoms in total. The lowest BCUT2D eigenvalue weighted by molar-refractivity contribution is -0.149. The maximum Gasteiger partial charge on any atom is 0.257 e. The predicted molar refractivity (Wildman–Crippen MR) is 74.9 cm³/mol. The quantitative estimate of drug-likeness (QED) is 0.776. The molecule has 0 unspecified atom stereocenters. The Morgan fingerprint density at radius 2 is 2.14 bits per heavy atom. The highest BCUT2D eigenvalue weighted by molar-refractivity contribution is 5.95. The molecule has 2 aliphatic rings. The van der Waals surface area contributed by atoms with Crippen LogP contribution in [0.5, 0.6) is 0 Å². The number of likely N-dealkylation sites (tertiary alicyclic amines) is 1. The van der Waals surface area contributed by atoms with E-state index in [1.165, 1.54) is 6.26 Å². The SMILES string of the molecule is CC(=O)N1CCO[C@@H]2CCN(C(=O)c3ccoc3C)C[C@H]21. The average molecular weight is 292 g/mol. The van der Waals surface area contributed by atoms with Crippen LogP contribution in [0.15, 0.2) is 16.7 Å². The minimum absolute atomic E-state index is 0.0335. The third-order valence-corrected chi connectivity index (χ3v) is 4.37. The van der Waals surface area contributed by atoms with E-state index in [1.807, 2.05) is 4.90 Å². The minimum atomic E-state index is -0.0406. The van der Waals surface area contributed by atoms with Gasteiger partial charge in [-0.15, -0.1) is 0 Å². The van der Waals surface area contributed by atoms with E-state index in [0.717, 1.165) is 6.42 Å². The van der Waals surface area contributed by atoms with Crippen molar-refractivity contribution in [1.82, 2.24) is 9.80 Å². The third kappa shape index (κ3) is 2.55. The normalized spacial score (nSPS) is 25.6. The van der Waals surface area contributed by atoms with Crippen molar-refractivity contribution in [2.24, 2.45) is 0 Å². The Hall–Kier alpha value is -1.82. The van der Waals surface area contributed by atoms with E-state index in [2.05, 4.69) is 0 Å². The molecule has 0 spiro atoms. The minimum Gasteiger partial charge on any atom is -0.469 e. The maximum absolute atomic E-state index is 12.6. The van der Waals surface area contributed by atoms with Crippen molar-refractivity contribution < 1.29 is 18.7 Å². The fourth-order valence-electron chi connectivity index (χ4n) is 3.22. The van der Waals surface area contributed by atoms with Crippen LogP contribution >= 0.6 is 0 Å². The third-order valence-electron chi connectivity index (χ3n) is 4.37. The number of ether oxygens (including phenoxy) is 1. The molecule has 2 fully saturated rings. The Bertz CT molecular complexity index is 554. The molecule has 0 saturated carbocycles. The maximum atomic E-state index is 12.6. The monoisotopic (exact) mass is 292 g/mol. The molecule has 3 heterocycles. The van der Waals surface area contributed by atoms with Crippen LogP contribution in [0.2, 0.25) is 0 Å². The number of fused-ring (bicyclic) bond motifs is 1. The highest BCUT2D eigenvalue weighted by atomic mass is 16.5. The number of morpholine rings is 1. The molecular formula is C15H20N2O4. The first kappa shape index (κ1) is 14.1. The molecule has 21 heavy (non-hydrogen) atoms. The van der Waals surface area contributed by atoms with Gasteiger partial charge in [-0.2, -0.15) is 0 Å². The van der Waals surface area contributed by atoms with Gasteiger partial charge in [-0.1, -0.05) is 0 Å². The molecule has 6 heteroatoms. The van der Waals surface area contributed by atoms with Gasteiger partial charge >= 0.3 is 0 Å². The first-order chi connectivity index (χ1) is 10.1. The fourth-order valence-corrected chi connectivity index (χ4v) is 3.22. The summed E-state index contributed by atoms with van der Waals surface area (Å²) in [5.41, 5.74) is 0.597. The first-order valence-corrected chi connectivity index (χ1v) is 7.30. The lowest BCUT2D eigenvalue weighted by atomic mass is 9.98. The van der Waals surface area contributed by atoms with E-state index in [9.17, 15) is 9.59 Å². The summed E-state index contributed by atoms with van der Waals surface area (Å²) in [4.78, 5) is 27.9. The number of rotatable bonds is 1. The first-order valence-electron chi connectivity index (χ1n) is 7.30. The van der Waals surface area contributed by atoms with Gasteiger partial charge in [0, 0.05) is 26.6 Å². The van der Waals surface area contributed by atoms with Crippen LogP contribution < -0.4 is 0 Å². The van der Waals surface area contributed by atoms with Crippen molar-refractivity contribution in [3.8, 4) is 0 Å². The number of piperidine rings is 1. The number of hydrogen-bond acceptors (Lipinski definition) is 4. The molecule has 2 amide bonds. The van der Waals surface area contributed by atoms with Crippen LogP contribution in [-0.4, -0.2) is 60.0 Å². The van der Waals surface area contributed by atoms with E-state index in [-0.39, 0.29) is 24.0 Å². The molecule has 0 aliphatic carbocycles. The highest BCUT2D eigenvalue weighted by Crippen LogP contribution is 2.25. The van der Waals surface area contributed by atoms with Gasteiger partial charge in [-0.3, -0.25) is 9.59 Å². The lowest BCUT2D eigenvalue weighted by Gasteiger charge is -2.46. The zero-order valence-electron chi connectivity index (χ0n) is 12.4. The molecule has 2 atom stereocenters. The zero-order valence-corrected chi connectivity index (χ0v) is 12.4. The van der Waals surface area contributed by atoms with Crippen LogP contribution in [-0.2, 0) is 9.53 Å². The van der Waals surface area contributed by atoms with Crippen molar-refractivity contribution in [2.75, 3.05) is 26.2 Å². The fraction of sp³-hybridized carbons (Fsp3) is 0.600. The predicted octanol–water partition coefficient (Wildman–Crippen LogP) is 1.05. The zero-order chi connectivity index (χ0) is 15.0. The average Bonchev–Trinajstić information content (AvgIpc) is 2.91. The summed E-state index contributed by atoms with van der Waals surface area (Å²) in [6.45, 7) is 5.71. The molecule has 1 aromatic rings. The molecule has 0 radical (unpaired) electrons. The van der Waals surface area contributed by atoms with Crippen molar-refractivity contribution in [3.05, 3.63) is 23.7 Å². The second kappa shape index (κ2) is 5.52. The van der Waals surface area contributed by atoms with E-state index in [4.69, 9.17) is 9.15 Å².